The fraction of sp³-hybridized carbons (Fsp3) is 0.200. The van der Waals surface area contributed by atoms with Crippen LogP contribution in [0.5, 0.6) is 0 Å². The van der Waals surface area contributed by atoms with Crippen LogP contribution in [0.1, 0.15) is 59.5 Å². The average molecular weight is 599 g/mol. The zero-order valence-corrected chi connectivity index (χ0v) is 24.9. The van der Waals surface area contributed by atoms with E-state index in [4.69, 9.17) is 0 Å². The van der Waals surface area contributed by atoms with Gasteiger partial charge in [0.15, 0.2) is 0 Å². The number of anilines is 2. The molecule has 4 aromatic rings. The standard InChI is InChI=1S/C35H34F2N3O4/c1-22(2)35(40-33(43)44,26-12-18-30(19-13-26)39-32(42)25-6-5-7-28(37)20-25)34(3,4)21-23-8-16-29(17-9-23)38-31(41)24-10-14-27(36)15-11-24/h5-20,40H,21H2,1-4H3,(H,38,41)(H,39,42)(H,43,44). The molecule has 0 aliphatic heterocycles. The van der Waals surface area contributed by atoms with Gasteiger partial charge in [0.1, 0.15) is 11.6 Å². The molecule has 0 heterocycles. The highest BCUT2D eigenvalue weighted by molar-refractivity contribution is 6.04. The molecule has 227 valence electrons. The molecule has 4 rings (SSSR count). The smallest absolute Gasteiger partial charge is 0.405 e. The van der Waals surface area contributed by atoms with Crippen molar-refractivity contribution in [1.82, 2.24) is 5.32 Å². The minimum atomic E-state index is -1.19. The zero-order valence-electron chi connectivity index (χ0n) is 24.9. The van der Waals surface area contributed by atoms with Gasteiger partial charge in [-0.05, 0) is 89.7 Å². The van der Waals surface area contributed by atoms with E-state index in [2.05, 4.69) is 16.0 Å². The number of amides is 3. The van der Waals surface area contributed by atoms with Gasteiger partial charge in [-0.1, -0.05) is 58.0 Å². The average Bonchev–Trinajstić information content (AvgIpc) is 2.97. The van der Waals surface area contributed by atoms with Gasteiger partial charge < -0.3 is 21.1 Å². The van der Waals surface area contributed by atoms with Crippen molar-refractivity contribution in [2.75, 3.05) is 10.6 Å². The predicted octanol–water partition coefficient (Wildman–Crippen LogP) is 7.82. The Morgan fingerprint density at radius 1 is 0.705 bits per heavy atom. The van der Waals surface area contributed by atoms with Crippen LogP contribution in [0, 0.1) is 23.0 Å². The number of carbonyl (C=O) groups is 3. The van der Waals surface area contributed by atoms with E-state index in [1.165, 1.54) is 42.5 Å². The highest BCUT2D eigenvalue weighted by Crippen LogP contribution is 2.48. The minimum Gasteiger partial charge on any atom is -0.465 e. The van der Waals surface area contributed by atoms with E-state index < -0.39 is 34.6 Å². The Labute approximate surface area is 255 Å². The van der Waals surface area contributed by atoms with Crippen LogP contribution < -0.4 is 16.0 Å². The molecule has 0 aromatic heterocycles. The van der Waals surface area contributed by atoms with Crippen molar-refractivity contribution in [3.63, 3.8) is 0 Å². The molecule has 44 heavy (non-hydrogen) atoms. The molecule has 0 bridgehead atoms. The summed E-state index contributed by atoms with van der Waals surface area (Å²) in [5.74, 6) is -0.967. The van der Waals surface area contributed by atoms with Crippen LogP contribution in [0.15, 0.2) is 97.1 Å². The Morgan fingerprint density at radius 2 is 1.25 bits per heavy atom. The zero-order chi connectivity index (χ0) is 32.1. The molecule has 9 heteroatoms. The lowest BCUT2D eigenvalue weighted by Gasteiger charge is -2.50. The van der Waals surface area contributed by atoms with Crippen molar-refractivity contribution in [3.8, 4) is 0 Å². The molecule has 4 aromatic carbocycles. The van der Waals surface area contributed by atoms with E-state index in [0.29, 0.717) is 28.9 Å². The summed E-state index contributed by atoms with van der Waals surface area (Å²) in [6.45, 7) is 7.68. The molecule has 7 nitrogen and oxygen atoms in total. The van der Waals surface area contributed by atoms with E-state index >= 15 is 0 Å². The molecule has 0 spiro atoms. The molecular weight excluding hydrogens is 564 g/mol. The van der Waals surface area contributed by atoms with Crippen molar-refractivity contribution in [2.45, 2.75) is 39.7 Å². The first-order valence-corrected chi connectivity index (χ1v) is 14.0. The SMILES string of the molecule is C[C](C)C(NC(=O)O)(c1ccc(NC(=O)c2cccc(F)c2)cc1)C(C)(C)Cc1ccc(NC(=O)c2ccc(F)cc2)cc1. The van der Waals surface area contributed by atoms with Crippen LogP contribution in [-0.4, -0.2) is 23.0 Å². The Kier molecular flexibility index (Phi) is 9.47. The van der Waals surface area contributed by atoms with Gasteiger partial charge in [-0.3, -0.25) is 9.59 Å². The summed E-state index contributed by atoms with van der Waals surface area (Å²) in [6.07, 6.45) is -0.732. The summed E-state index contributed by atoms with van der Waals surface area (Å²) < 4.78 is 26.8. The number of carbonyl (C=O) groups excluding carboxylic acids is 2. The maximum atomic E-state index is 13.6. The first kappa shape index (κ1) is 31.9. The molecule has 0 aliphatic rings. The van der Waals surface area contributed by atoms with E-state index in [9.17, 15) is 28.3 Å². The minimum absolute atomic E-state index is 0.177. The molecule has 1 radical (unpaired) electrons. The number of halogens is 2. The second kappa shape index (κ2) is 13.1. The second-order valence-electron chi connectivity index (χ2n) is 11.4. The van der Waals surface area contributed by atoms with Crippen LogP contribution in [-0.2, 0) is 12.0 Å². The largest absolute Gasteiger partial charge is 0.465 e. The van der Waals surface area contributed by atoms with Crippen molar-refractivity contribution < 1.29 is 28.3 Å². The monoisotopic (exact) mass is 598 g/mol. The maximum Gasteiger partial charge on any atom is 0.405 e. The first-order valence-electron chi connectivity index (χ1n) is 14.0. The van der Waals surface area contributed by atoms with Gasteiger partial charge in [0.2, 0.25) is 0 Å². The van der Waals surface area contributed by atoms with Gasteiger partial charge in [-0.25, -0.2) is 13.6 Å². The molecule has 0 fully saturated rings. The van der Waals surface area contributed by atoms with E-state index in [1.54, 1.807) is 36.4 Å². The number of nitrogens with one attached hydrogen (secondary N) is 3. The summed E-state index contributed by atoms with van der Waals surface area (Å²) in [6, 6.07) is 24.8. The fourth-order valence-corrected chi connectivity index (χ4v) is 5.67. The van der Waals surface area contributed by atoms with Gasteiger partial charge in [0.05, 0.1) is 5.54 Å². The van der Waals surface area contributed by atoms with E-state index in [-0.39, 0.29) is 11.5 Å². The fourth-order valence-electron chi connectivity index (χ4n) is 5.67. The maximum absolute atomic E-state index is 13.6. The molecule has 0 saturated carbocycles. The van der Waals surface area contributed by atoms with Crippen molar-refractivity contribution in [2.24, 2.45) is 5.41 Å². The summed E-state index contributed by atoms with van der Waals surface area (Å²) in [5.41, 5.74) is 1.30. The third-order valence-electron chi connectivity index (χ3n) is 7.69. The Balaban J connectivity index is 1.57. The molecule has 0 aliphatic carbocycles. The highest BCUT2D eigenvalue weighted by atomic mass is 19.1. The first-order chi connectivity index (χ1) is 20.8. The number of hydrogen-bond acceptors (Lipinski definition) is 3. The lowest BCUT2D eigenvalue weighted by molar-refractivity contribution is 0.101. The van der Waals surface area contributed by atoms with Crippen molar-refractivity contribution in [1.29, 1.82) is 0 Å². The molecule has 3 amide bonds. The molecule has 4 N–H and O–H groups in total. The molecular formula is C35H34F2N3O4. The summed E-state index contributed by atoms with van der Waals surface area (Å²) in [7, 11) is 0. The normalized spacial score (nSPS) is 12.7. The quantitative estimate of drug-likeness (QED) is 0.149. The van der Waals surface area contributed by atoms with E-state index in [1.807, 2.05) is 39.8 Å². The highest BCUT2D eigenvalue weighted by Gasteiger charge is 2.50. The van der Waals surface area contributed by atoms with Gasteiger partial charge in [0, 0.05) is 28.4 Å². The van der Waals surface area contributed by atoms with Gasteiger partial charge in [-0.2, -0.15) is 0 Å². The molecule has 1 atom stereocenters. The van der Waals surface area contributed by atoms with E-state index in [0.717, 1.165) is 17.5 Å². The number of hydrogen-bond donors (Lipinski definition) is 4. The van der Waals surface area contributed by atoms with Crippen LogP contribution in [0.2, 0.25) is 0 Å². The summed E-state index contributed by atoms with van der Waals surface area (Å²) in [4.78, 5) is 37.4. The Morgan fingerprint density at radius 3 is 1.77 bits per heavy atom. The third-order valence-corrected chi connectivity index (χ3v) is 7.69. The molecule has 1 unspecified atom stereocenters. The van der Waals surface area contributed by atoms with Crippen LogP contribution >= 0.6 is 0 Å². The summed E-state index contributed by atoms with van der Waals surface area (Å²) in [5, 5.41) is 18.3. The van der Waals surface area contributed by atoms with Crippen molar-refractivity contribution in [3.05, 3.63) is 137 Å². The van der Waals surface area contributed by atoms with Crippen LogP contribution in [0.25, 0.3) is 0 Å². The third kappa shape index (κ3) is 7.11. The van der Waals surface area contributed by atoms with Crippen molar-refractivity contribution >= 4 is 29.3 Å². The number of carboxylic acid groups (broad SMARTS) is 1. The Hall–Kier alpha value is -5.05. The molecule has 0 saturated heterocycles. The van der Waals surface area contributed by atoms with Crippen LogP contribution in [0.3, 0.4) is 0 Å². The lowest BCUT2D eigenvalue weighted by Crippen LogP contribution is -2.58. The number of benzene rings is 4. The number of rotatable bonds is 10. The topological polar surface area (TPSA) is 108 Å². The van der Waals surface area contributed by atoms with Crippen LogP contribution in [0.4, 0.5) is 25.0 Å². The summed E-state index contributed by atoms with van der Waals surface area (Å²) >= 11 is 0. The van der Waals surface area contributed by atoms with Gasteiger partial charge in [0.25, 0.3) is 11.8 Å². The Bertz CT molecular complexity index is 1640. The predicted molar refractivity (Wildman–Crippen MR) is 167 cm³/mol. The lowest BCUT2D eigenvalue weighted by atomic mass is 9.60. The van der Waals surface area contributed by atoms with Gasteiger partial charge >= 0.3 is 6.09 Å². The van der Waals surface area contributed by atoms with Gasteiger partial charge in [-0.15, -0.1) is 0 Å². The second-order valence-corrected chi connectivity index (χ2v) is 11.4.